The smallest absolute Gasteiger partial charge is 0.410 e. The Balaban J connectivity index is 1.29. The molecule has 0 aliphatic carbocycles. The van der Waals surface area contributed by atoms with E-state index in [0.29, 0.717) is 43.1 Å². The number of nitrogens with two attached hydrogens (primary N) is 1. The van der Waals surface area contributed by atoms with Gasteiger partial charge < -0.3 is 25.0 Å². The average molecular weight is 544 g/mol. The van der Waals surface area contributed by atoms with E-state index in [4.69, 9.17) is 15.2 Å². The van der Waals surface area contributed by atoms with Crippen molar-refractivity contribution >= 4 is 12.0 Å². The number of ether oxygens (including phenoxy) is 2. The highest BCUT2D eigenvalue weighted by Gasteiger charge is 2.30. The number of nitrogens with zero attached hydrogens (tertiary/aromatic N) is 2. The molecular weight excluding hydrogens is 504 g/mol. The second kappa shape index (κ2) is 12.8. The van der Waals surface area contributed by atoms with Gasteiger partial charge in [-0.25, -0.2) is 13.6 Å². The van der Waals surface area contributed by atoms with Gasteiger partial charge in [-0.1, -0.05) is 24.3 Å². The Hall–Kier alpha value is -3.20. The minimum absolute atomic E-state index is 0.0147. The molecule has 2 aliphatic heterocycles. The van der Waals surface area contributed by atoms with E-state index in [9.17, 15) is 18.4 Å². The number of alkyl halides is 1. The van der Waals surface area contributed by atoms with Crippen LogP contribution in [0.25, 0.3) is 11.1 Å². The lowest BCUT2D eigenvalue weighted by atomic mass is 9.92. The number of hydrogen-bond donors (Lipinski definition) is 1. The first kappa shape index (κ1) is 28.8. The quantitative estimate of drug-likeness (QED) is 0.509. The number of amides is 2. The number of benzene rings is 2. The Morgan fingerprint density at radius 3 is 2.21 bits per heavy atom. The molecule has 2 heterocycles. The number of halogens is 2. The molecule has 2 aromatic carbocycles. The van der Waals surface area contributed by atoms with E-state index < -0.39 is 18.0 Å². The first-order valence-electron chi connectivity index (χ1n) is 13.8. The van der Waals surface area contributed by atoms with Crippen LogP contribution in [0.4, 0.5) is 13.6 Å². The van der Waals surface area contributed by atoms with Gasteiger partial charge in [-0.2, -0.15) is 0 Å². The van der Waals surface area contributed by atoms with Crippen LogP contribution in [0, 0.1) is 11.7 Å². The molecular formula is C30H39F2N3O4. The number of hydrogen-bond acceptors (Lipinski definition) is 5. The van der Waals surface area contributed by atoms with Crippen molar-refractivity contribution < 1.29 is 27.8 Å². The third-order valence-corrected chi connectivity index (χ3v) is 7.56. The standard InChI is InChI=1S/C30H39F2N3O4/c1-19(2)38-30(37)34-13-10-21(11-14-34)20(3)39-26-8-6-22(7-9-26)23-4-5-24(27(32)16-23)17-28(33)29(36)35-15-12-25(31)18-35/h4-9,16,19-21,25,28H,10-15,17-18,33H2,1-3H3/t20-,25?,28?/m0/s1. The fraction of sp³-hybridized carbons (Fsp3) is 0.533. The molecule has 7 nitrogen and oxygen atoms in total. The Bertz CT molecular complexity index is 1140. The normalized spacial score (nSPS) is 19.7. The molecule has 212 valence electrons. The lowest BCUT2D eigenvalue weighted by Gasteiger charge is -2.34. The molecule has 2 amide bonds. The van der Waals surface area contributed by atoms with E-state index in [1.807, 2.05) is 45.0 Å². The molecule has 4 rings (SSSR count). The molecule has 2 fully saturated rings. The summed E-state index contributed by atoms with van der Waals surface area (Å²) in [5, 5.41) is 0. The summed E-state index contributed by atoms with van der Waals surface area (Å²) in [6.07, 6.45) is 0.657. The van der Waals surface area contributed by atoms with Gasteiger partial charge >= 0.3 is 6.09 Å². The van der Waals surface area contributed by atoms with Gasteiger partial charge in [-0.15, -0.1) is 0 Å². The monoisotopic (exact) mass is 543 g/mol. The molecule has 9 heteroatoms. The molecule has 2 aromatic rings. The van der Waals surface area contributed by atoms with Crippen LogP contribution >= 0.6 is 0 Å². The Labute approximate surface area is 229 Å². The lowest BCUT2D eigenvalue weighted by Crippen LogP contribution is -2.44. The van der Waals surface area contributed by atoms with Gasteiger partial charge in [0.05, 0.1) is 24.8 Å². The molecule has 3 atom stereocenters. The van der Waals surface area contributed by atoms with Gasteiger partial charge in [0.2, 0.25) is 5.91 Å². The predicted octanol–water partition coefficient (Wildman–Crippen LogP) is 4.96. The van der Waals surface area contributed by atoms with Crippen molar-refractivity contribution in [2.24, 2.45) is 11.7 Å². The molecule has 0 radical (unpaired) electrons. The highest BCUT2D eigenvalue weighted by Crippen LogP contribution is 2.28. The van der Waals surface area contributed by atoms with Crippen LogP contribution in [-0.2, 0) is 16.0 Å². The molecule has 2 N–H and O–H groups in total. The minimum atomic E-state index is -1.02. The van der Waals surface area contributed by atoms with Gasteiger partial charge in [0.15, 0.2) is 0 Å². The summed E-state index contributed by atoms with van der Waals surface area (Å²) in [6, 6.07) is 11.5. The zero-order chi connectivity index (χ0) is 28.1. The fourth-order valence-corrected chi connectivity index (χ4v) is 5.23. The van der Waals surface area contributed by atoms with Gasteiger partial charge in [-0.05, 0) is 87.3 Å². The second-order valence-electron chi connectivity index (χ2n) is 10.9. The molecule has 39 heavy (non-hydrogen) atoms. The number of carbonyl (C=O) groups is 2. The van der Waals surface area contributed by atoms with Crippen LogP contribution < -0.4 is 10.5 Å². The first-order valence-corrected chi connectivity index (χ1v) is 13.8. The van der Waals surface area contributed by atoms with E-state index in [2.05, 4.69) is 0 Å². The van der Waals surface area contributed by atoms with E-state index >= 15 is 0 Å². The summed E-state index contributed by atoms with van der Waals surface area (Å²) in [5.41, 5.74) is 7.92. The van der Waals surface area contributed by atoms with Crippen LogP contribution in [-0.4, -0.2) is 72.4 Å². The highest BCUT2D eigenvalue weighted by molar-refractivity contribution is 5.82. The summed E-state index contributed by atoms with van der Waals surface area (Å²) in [6.45, 7) is 7.45. The third-order valence-electron chi connectivity index (χ3n) is 7.56. The lowest BCUT2D eigenvalue weighted by molar-refractivity contribution is -0.131. The highest BCUT2D eigenvalue weighted by atomic mass is 19.1. The van der Waals surface area contributed by atoms with Crippen molar-refractivity contribution in [3.63, 3.8) is 0 Å². The minimum Gasteiger partial charge on any atom is -0.490 e. The van der Waals surface area contributed by atoms with Crippen LogP contribution in [0.3, 0.4) is 0 Å². The van der Waals surface area contributed by atoms with Gasteiger partial charge in [-0.3, -0.25) is 4.79 Å². The number of likely N-dealkylation sites (tertiary alicyclic amines) is 2. The molecule has 0 spiro atoms. The summed E-state index contributed by atoms with van der Waals surface area (Å²) in [4.78, 5) is 27.7. The number of carbonyl (C=O) groups excluding carboxylic acids is 2. The SMILES string of the molecule is CC(C)OC(=O)N1CCC([C@H](C)Oc2ccc(-c3ccc(CC(N)C(=O)N4CCC(F)C4)c(F)c3)cc2)CC1. The Kier molecular flexibility index (Phi) is 9.43. The molecule has 2 saturated heterocycles. The van der Waals surface area contributed by atoms with Crippen LogP contribution in [0.15, 0.2) is 42.5 Å². The maximum absolute atomic E-state index is 14.9. The van der Waals surface area contributed by atoms with E-state index in [1.54, 1.807) is 17.0 Å². The average Bonchev–Trinajstić information content (AvgIpc) is 3.35. The first-order chi connectivity index (χ1) is 18.6. The molecule has 2 unspecified atom stereocenters. The number of piperidine rings is 1. The Morgan fingerprint density at radius 2 is 1.62 bits per heavy atom. The molecule has 0 saturated carbocycles. The van der Waals surface area contributed by atoms with Gasteiger partial charge in [0, 0.05) is 19.6 Å². The number of rotatable bonds is 8. The predicted molar refractivity (Wildman–Crippen MR) is 146 cm³/mol. The topological polar surface area (TPSA) is 85.1 Å². The largest absolute Gasteiger partial charge is 0.490 e. The van der Waals surface area contributed by atoms with E-state index in [0.717, 1.165) is 24.2 Å². The zero-order valence-corrected chi connectivity index (χ0v) is 22.9. The summed E-state index contributed by atoms with van der Waals surface area (Å²) in [7, 11) is 0. The summed E-state index contributed by atoms with van der Waals surface area (Å²) < 4.78 is 39.8. The third kappa shape index (κ3) is 7.47. The van der Waals surface area contributed by atoms with Crippen molar-refractivity contribution in [3.8, 4) is 16.9 Å². The van der Waals surface area contributed by atoms with E-state index in [1.165, 1.54) is 11.0 Å². The van der Waals surface area contributed by atoms with Gasteiger partial charge in [0.1, 0.15) is 17.7 Å². The van der Waals surface area contributed by atoms with Crippen LogP contribution in [0.5, 0.6) is 5.75 Å². The summed E-state index contributed by atoms with van der Waals surface area (Å²) in [5.74, 6) is 0.282. The zero-order valence-electron chi connectivity index (χ0n) is 22.9. The second-order valence-corrected chi connectivity index (χ2v) is 10.9. The van der Waals surface area contributed by atoms with Gasteiger partial charge in [0.25, 0.3) is 0 Å². The van der Waals surface area contributed by atoms with Crippen molar-refractivity contribution in [1.82, 2.24) is 9.80 Å². The van der Waals surface area contributed by atoms with Crippen molar-refractivity contribution in [1.29, 1.82) is 0 Å². The van der Waals surface area contributed by atoms with Crippen LogP contribution in [0.2, 0.25) is 0 Å². The fourth-order valence-electron chi connectivity index (χ4n) is 5.23. The van der Waals surface area contributed by atoms with Crippen molar-refractivity contribution in [3.05, 3.63) is 53.8 Å². The van der Waals surface area contributed by atoms with E-state index in [-0.39, 0.29) is 37.2 Å². The van der Waals surface area contributed by atoms with Crippen molar-refractivity contribution in [2.45, 2.75) is 70.9 Å². The molecule has 0 bridgehead atoms. The molecule has 2 aliphatic rings. The maximum atomic E-state index is 14.9. The summed E-state index contributed by atoms with van der Waals surface area (Å²) >= 11 is 0. The Morgan fingerprint density at radius 1 is 0.974 bits per heavy atom. The maximum Gasteiger partial charge on any atom is 0.410 e. The molecule has 0 aromatic heterocycles. The van der Waals surface area contributed by atoms with Crippen molar-refractivity contribution in [2.75, 3.05) is 26.2 Å². The van der Waals surface area contributed by atoms with Crippen LogP contribution in [0.1, 0.15) is 45.6 Å².